The van der Waals surface area contributed by atoms with Crippen molar-refractivity contribution in [2.24, 2.45) is 11.1 Å². The van der Waals surface area contributed by atoms with Crippen LogP contribution in [0.1, 0.15) is 39.5 Å². The third-order valence-electron chi connectivity index (χ3n) is 3.44. The molecule has 0 saturated heterocycles. The van der Waals surface area contributed by atoms with E-state index in [0.29, 0.717) is 13.2 Å². The Kier molecular flexibility index (Phi) is 5.22. The number of nitrogens with one attached hydrogen (secondary N) is 1. The van der Waals surface area contributed by atoms with Gasteiger partial charge in [0.05, 0.1) is 12.0 Å². The lowest BCUT2D eigenvalue weighted by atomic mass is 9.85. The molecule has 1 unspecified atom stereocenters. The molecule has 94 valence electrons. The van der Waals surface area contributed by atoms with Gasteiger partial charge in [-0.1, -0.05) is 12.8 Å². The van der Waals surface area contributed by atoms with E-state index in [4.69, 9.17) is 10.5 Å². The monoisotopic (exact) mass is 228 g/mol. The Morgan fingerprint density at radius 1 is 1.50 bits per heavy atom. The first-order valence-corrected chi connectivity index (χ1v) is 6.22. The fourth-order valence-electron chi connectivity index (χ4n) is 2.29. The minimum absolute atomic E-state index is 0.152. The highest BCUT2D eigenvalue weighted by Crippen LogP contribution is 2.37. The first kappa shape index (κ1) is 13.5. The van der Waals surface area contributed by atoms with Crippen molar-refractivity contribution in [3.8, 4) is 0 Å². The van der Waals surface area contributed by atoms with E-state index < -0.39 is 0 Å². The largest absolute Gasteiger partial charge is 0.380 e. The van der Waals surface area contributed by atoms with Crippen molar-refractivity contribution in [1.29, 1.82) is 0 Å². The molecule has 0 aromatic carbocycles. The van der Waals surface area contributed by atoms with Crippen LogP contribution in [0.25, 0.3) is 0 Å². The van der Waals surface area contributed by atoms with Gasteiger partial charge in [0.1, 0.15) is 0 Å². The average molecular weight is 228 g/mol. The summed E-state index contributed by atoms with van der Waals surface area (Å²) in [6.45, 7) is 6.16. The van der Waals surface area contributed by atoms with Gasteiger partial charge in [0, 0.05) is 19.2 Å². The van der Waals surface area contributed by atoms with E-state index in [1.807, 2.05) is 6.92 Å². The zero-order valence-corrected chi connectivity index (χ0v) is 10.4. The van der Waals surface area contributed by atoms with E-state index in [1.54, 1.807) is 0 Å². The van der Waals surface area contributed by atoms with Gasteiger partial charge >= 0.3 is 0 Å². The van der Waals surface area contributed by atoms with Crippen LogP contribution < -0.4 is 11.1 Å². The molecule has 0 heterocycles. The van der Waals surface area contributed by atoms with Gasteiger partial charge in [-0.05, 0) is 26.7 Å². The van der Waals surface area contributed by atoms with Crippen LogP contribution in [-0.4, -0.2) is 31.7 Å². The van der Waals surface area contributed by atoms with Crippen molar-refractivity contribution in [3.63, 3.8) is 0 Å². The second-order valence-electron chi connectivity index (χ2n) is 4.79. The smallest absolute Gasteiger partial charge is 0.224 e. The molecule has 4 nitrogen and oxygen atoms in total. The molecule has 3 N–H and O–H groups in total. The summed E-state index contributed by atoms with van der Waals surface area (Å²) in [6, 6.07) is 0.275. The van der Waals surface area contributed by atoms with Crippen LogP contribution in [0.5, 0.6) is 0 Å². The van der Waals surface area contributed by atoms with Crippen LogP contribution in [0.15, 0.2) is 0 Å². The van der Waals surface area contributed by atoms with Crippen molar-refractivity contribution in [1.82, 2.24) is 5.32 Å². The minimum atomic E-state index is -0.305. The first-order valence-electron chi connectivity index (χ1n) is 6.22. The second kappa shape index (κ2) is 6.21. The fourth-order valence-corrected chi connectivity index (χ4v) is 2.29. The molecule has 1 saturated carbocycles. The Labute approximate surface area is 97.9 Å². The van der Waals surface area contributed by atoms with Gasteiger partial charge < -0.3 is 15.8 Å². The van der Waals surface area contributed by atoms with Crippen LogP contribution in [0.4, 0.5) is 0 Å². The maximum Gasteiger partial charge on any atom is 0.224 e. The van der Waals surface area contributed by atoms with E-state index >= 15 is 0 Å². The summed E-state index contributed by atoms with van der Waals surface area (Å²) in [4.78, 5) is 11.5. The lowest BCUT2D eigenvalue weighted by molar-refractivity contribution is -0.127. The van der Waals surface area contributed by atoms with E-state index in [2.05, 4.69) is 12.2 Å². The van der Waals surface area contributed by atoms with Crippen molar-refractivity contribution in [3.05, 3.63) is 0 Å². The van der Waals surface area contributed by atoms with E-state index in [9.17, 15) is 4.79 Å². The molecule has 1 rings (SSSR count). The summed E-state index contributed by atoms with van der Waals surface area (Å²) in [6.07, 6.45) is 4.09. The first-order chi connectivity index (χ1) is 7.60. The van der Waals surface area contributed by atoms with Crippen LogP contribution in [0.2, 0.25) is 0 Å². The third kappa shape index (κ3) is 3.46. The molecule has 0 spiro atoms. The fraction of sp³-hybridized carbons (Fsp3) is 0.917. The number of hydrogen-bond donors (Lipinski definition) is 2. The van der Waals surface area contributed by atoms with Gasteiger partial charge in [-0.25, -0.2) is 0 Å². The lowest BCUT2D eigenvalue weighted by Crippen LogP contribution is -2.46. The van der Waals surface area contributed by atoms with Crippen LogP contribution in [-0.2, 0) is 9.53 Å². The molecule has 0 radical (unpaired) electrons. The molecule has 1 atom stereocenters. The highest BCUT2D eigenvalue weighted by Gasteiger charge is 2.39. The van der Waals surface area contributed by atoms with Gasteiger partial charge in [0.15, 0.2) is 0 Å². The Morgan fingerprint density at radius 2 is 2.12 bits per heavy atom. The Bertz CT molecular complexity index is 225. The topological polar surface area (TPSA) is 64.3 Å². The second-order valence-corrected chi connectivity index (χ2v) is 4.79. The molecule has 0 aromatic rings. The number of amides is 1. The summed E-state index contributed by atoms with van der Waals surface area (Å²) >= 11 is 0. The number of carbonyl (C=O) groups is 1. The number of nitrogens with two attached hydrogens (primary N) is 1. The molecule has 1 aliphatic rings. The Morgan fingerprint density at radius 3 is 2.62 bits per heavy atom. The molecule has 16 heavy (non-hydrogen) atoms. The summed E-state index contributed by atoms with van der Waals surface area (Å²) in [7, 11) is 0. The maximum atomic E-state index is 11.5. The summed E-state index contributed by atoms with van der Waals surface area (Å²) in [5, 5.41) is 3.36. The third-order valence-corrected chi connectivity index (χ3v) is 3.44. The molecule has 1 amide bonds. The predicted molar refractivity (Wildman–Crippen MR) is 64.1 cm³/mol. The van der Waals surface area contributed by atoms with Gasteiger partial charge in [0.25, 0.3) is 0 Å². The summed E-state index contributed by atoms with van der Waals surface area (Å²) in [5.41, 5.74) is 5.20. The van der Waals surface area contributed by atoms with Gasteiger partial charge in [-0.3, -0.25) is 4.79 Å². The molecule has 1 fully saturated rings. The van der Waals surface area contributed by atoms with Crippen molar-refractivity contribution in [2.45, 2.75) is 45.6 Å². The lowest BCUT2D eigenvalue weighted by Gasteiger charge is -2.27. The van der Waals surface area contributed by atoms with Gasteiger partial charge in [-0.2, -0.15) is 0 Å². The molecular formula is C12H24N2O2. The number of carbonyl (C=O) groups excluding carboxylic acids is 1. The Hall–Kier alpha value is -0.610. The molecule has 1 aliphatic carbocycles. The highest BCUT2D eigenvalue weighted by molar-refractivity contribution is 5.81. The number of rotatable bonds is 7. The quantitative estimate of drug-likeness (QED) is 0.684. The number of primary amides is 1. The van der Waals surface area contributed by atoms with Crippen LogP contribution >= 0.6 is 0 Å². The maximum absolute atomic E-state index is 11.5. The molecule has 0 bridgehead atoms. The van der Waals surface area contributed by atoms with Crippen molar-refractivity contribution >= 4 is 5.91 Å². The molecule has 4 heteroatoms. The van der Waals surface area contributed by atoms with Gasteiger partial charge in [-0.15, -0.1) is 0 Å². The molecule has 0 aliphatic heterocycles. The van der Waals surface area contributed by atoms with E-state index in [-0.39, 0.29) is 17.4 Å². The zero-order chi connectivity index (χ0) is 12.0. The minimum Gasteiger partial charge on any atom is -0.380 e. The number of hydrogen-bond acceptors (Lipinski definition) is 3. The predicted octanol–water partition coefficient (Wildman–Crippen LogP) is 1.05. The highest BCUT2D eigenvalue weighted by atomic mass is 16.5. The van der Waals surface area contributed by atoms with E-state index in [0.717, 1.165) is 32.3 Å². The zero-order valence-electron chi connectivity index (χ0n) is 10.4. The van der Waals surface area contributed by atoms with Crippen LogP contribution in [0.3, 0.4) is 0 Å². The number of ether oxygens (including phenoxy) is 1. The molecule has 0 aromatic heterocycles. The Balaban J connectivity index is 2.36. The van der Waals surface area contributed by atoms with Gasteiger partial charge in [0.2, 0.25) is 5.91 Å². The normalized spacial score (nSPS) is 20.9. The SMILES string of the molecule is CCOCC(C)NCC1(C(N)=O)CCCC1. The standard InChI is InChI=1S/C12H24N2O2/c1-3-16-8-10(2)14-9-12(11(13)15)6-4-5-7-12/h10,14H,3-9H2,1-2H3,(H2,13,15). The van der Waals surface area contributed by atoms with E-state index in [1.165, 1.54) is 0 Å². The average Bonchev–Trinajstić information content (AvgIpc) is 2.73. The van der Waals surface area contributed by atoms with Crippen molar-refractivity contribution < 1.29 is 9.53 Å². The van der Waals surface area contributed by atoms with Crippen LogP contribution in [0, 0.1) is 5.41 Å². The molecular weight excluding hydrogens is 204 g/mol. The summed E-state index contributed by atoms with van der Waals surface area (Å²) in [5.74, 6) is -0.152. The summed E-state index contributed by atoms with van der Waals surface area (Å²) < 4.78 is 5.33. The van der Waals surface area contributed by atoms with Crippen molar-refractivity contribution in [2.75, 3.05) is 19.8 Å².